The first-order valence-electron chi connectivity index (χ1n) is 43.8. The molecule has 2 atom stereocenters. The third kappa shape index (κ3) is 12.9. The highest BCUT2D eigenvalue weighted by molar-refractivity contribution is 5.68. The molecule has 490 valence electrons. The van der Waals surface area contributed by atoms with Crippen molar-refractivity contribution >= 4 is 0 Å². The quantitative estimate of drug-likeness (QED) is 0.153. The molecule has 3 saturated carbocycles. The fourth-order valence-corrected chi connectivity index (χ4v) is 16.8. The molecule has 10 aromatic rings. The maximum Gasteiger partial charge on any atom is 0.216 e. The second kappa shape index (κ2) is 26.7. The molecule has 3 fully saturated rings. The Morgan fingerprint density at radius 1 is 0.375 bits per heavy atom. The predicted molar refractivity (Wildman–Crippen MR) is 394 cm³/mol. The highest BCUT2D eigenvalue weighted by atomic mass is 14.9. The Labute approximate surface area is 600 Å². The van der Waals surface area contributed by atoms with E-state index in [4.69, 9.17) is 24.7 Å². The largest absolute Gasteiger partial charge is 0.216 e. The third-order valence-corrected chi connectivity index (χ3v) is 22.0. The number of pyridine rings is 5. The van der Waals surface area contributed by atoms with E-state index >= 15 is 0 Å². The summed E-state index contributed by atoms with van der Waals surface area (Å²) in [6.07, 6.45) is 14.6. The van der Waals surface area contributed by atoms with Crippen molar-refractivity contribution in [2.24, 2.45) is 47.1 Å². The summed E-state index contributed by atoms with van der Waals surface area (Å²) in [5, 5.41) is 0. The number of hydrogen-bond acceptors (Lipinski definition) is 0. The van der Waals surface area contributed by atoms with Gasteiger partial charge in [-0.05, 0) is 287 Å². The molecule has 0 amide bonds. The predicted octanol–water partition coefficient (Wildman–Crippen LogP) is 18.4. The molecule has 0 radical (unpaired) electrons. The summed E-state index contributed by atoms with van der Waals surface area (Å²) < 4.78 is 153. The molecule has 10 aliphatic carbocycles. The van der Waals surface area contributed by atoms with Crippen molar-refractivity contribution in [3.8, 4) is 56.3 Å². The molecular weight excluding hydrogens is 1160 g/mol. The van der Waals surface area contributed by atoms with Gasteiger partial charge in [-0.2, -0.15) is 0 Å². The van der Waals surface area contributed by atoms with Gasteiger partial charge in [0.15, 0.2) is 31.0 Å². The van der Waals surface area contributed by atoms with Gasteiger partial charge in [-0.25, -0.2) is 22.8 Å². The van der Waals surface area contributed by atoms with Crippen LogP contribution in [0.4, 0.5) is 0 Å². The third-order valence-electron chi connectivity index (χ3n) is 22.0. The van der Waals surface area contributed by atoms with Crippen LogP contribution in [0.5, 0.6) is 0 Å². The lowest BCUT2D eigenvalue weighted by atomic mass is 9.63. The van der Waals surface area contributed by atoms with Gasteiger partial charge in [0.1, 0.15) is 35.2 Å². The molecule has 0 spiro atoms. The zero-order valence-electron chi connectivity index (χ0n) is 76.3. The van der Waals surface area contributed by atoms with Gasteiger partial charge in [-0.15, -0.1) is 0 Å². The number of nitrogens with zero attached hydrogens (tertiary/aromatic N) is 5. The average molecular weight is 1290 g/mol. The molecular formula is C91H106N5+5. The van der Waals surface area contributed by atoms with Crippen LogP contribution in [0, 0.1) is 80.9 Å². The van der Waals surface area contributed by atoms with E-state index in [0.717, 1.165) is 86.0 Å². The average Bonchev–Trinajstić information content (AvgIpc) is 0.796. The monoisotopic (exact) mass is 1290 g/mol. The van der Waals surface area contributed by atoms with Gasteiger partial charge < -0.3 is 0 Å². The Kier molecular flexibility index (Phi) is 13.0. The summed E-state index contributed by atoms with van der Waals surface area (Å²) >= 11 is 0. The maximum atomic E-state index is 8.70. The van der Waals surface area contributed by atoms with E-state index < -0.39 is 51.9 Å². The van der Waals surface area contributed by atoms with E-state index in [1.54, 1.807) is 89.5 Å². The van der Waals surface area contributed by atoms with Gasteiger partial charge in [-0.3, -0.25) is 0 Å². The van der Waals surface area contributed by atoms with Gasteiger partial charge in [0.2, 0.25) is 28.5 Å². The second-order valence-electron chi connectivity index (χ2n) is 29.0. The fourth-order valence-electron chi connectivity index (χ4n) is 16.8. The lowest BCUT2D eigenvalue weighted by molar-refractivity contribution is -0.661. The standard InChI is InChI=1S/3C19H22N.2C17H20N/c1-12-4-7-16(13(2)8-12)19-10-17-14-5-6-15(9-14)18(17)11-20(19)3;2*1-12-4-5-17(13(2)6-12)19-10-18-15-7-14(8-15)9-16(18)11-20(19)3;1-12-7-8-16(13(2)9-12)17-10-14-5-4-6-15(14)11-18(17)3;1-12-7-8-15(13(2)11-12)17-16-6-4-5-14(16)9-10-18(17)3/h4,7-8,10-11,14-15H,5-6,9H2,1-3H3;2*4-6,10-11,14-15H,7-9H2,1-3H3;2*7-11H,4-6H2,1-3H3/q5*+1/i;1D3,9D2,15D;;1D3,5D2;1D3,5D2,6D2. The Morgan fingerprint density at radius 3 is 1.41 bits per heavy atom. The van der Waals surface area contributed by atoms with E-state index in [2.05, 4.69) is 112 Å². The molecule has 20 rings (SSSR count). The molecule has 5 aromatic heterocycles. The Balaban J connectivity index is 0.000000118. The molecule has 5 nitrogen and oxygen atoms in total. The van der Waals surface area contributed by atoms with Crippen LogP contribution in [0.1, 0.15) is 217 Å². The van der Waals surface area contributed by atoms with Crippen molar-refractivity contribution in [3.63, 3.8) is 0 Å². The molecule has 10 aliphatic rings. The minimum atomic E-state index is -2.20. The van der Waals surface area contributed by atoms with E-state index in [-0.39, 0.29) is 17.9 Å². The summed E-state index contributed by atoms with van der Waals surface area (Å²) in [5.41, 5.74) is 29.6. The minimum absolute atomic E-state index is 0.0707. The van der Waals surface area contributed by atoms with Crippen molar-refractivity contribution in [1.82, 2.24) is 0 Å². The van der Waals surface area contributed by atoms with Crippen molar-refractivity contribution in [1.29, 1.82) is 0 Å². The van der Waals surface area contributed by atoms with Crippen LogP contribution in [-0.4, -0.2) is 0 Å². The Bertz CT molecular complexity index is 5440. The number of aromatic nitrogens is 5. The first-order valence-corrected chi connectivity index (χ1v) is 34.8. The molecule has 5 heteroatoms. The first-order chi connectivity index (χ1) is 53.1. The summed E-state index contributed by atoms with van der Waals surface area (Å²) in [6.45, 7) is 7.91. The first kappa shape index (κ1) is 46.9. The Hall–Kier alpha value is -8.15. The van der Waals surface area contributed by atoms with Gasteiger partial charge >= 0.3 is 0 Å². The van der Waals surface area contributed by atoms with Crippen LogP contribution in [0.2, 0.25) is 0 Å². The topological polar surface area (TPSA) is 19.4 Å². The summed E-state index contributed by atoms with van der Waals surface area (Å²) in [7, 11) is 9.99. The van der Waals surface area contributed by atoms with Crippen molar-refractivity contribution in [2.45, 2.75) is 189 Å². The fraction of sp³-hybridized carbons (Fsp3) is 0.396. The van der Waals surface area contributed by atoms with Gasteiger partial charge in [0.25, 0.3) is 0 Å². The van der Waals surface area contributed by atoms with Crippen molar-refractivity contribution in [3.05, 3.63) is 264 Å². The molecule has 0 aliphatic heterocycles. The van der Waals surface area contributed by atoms with Crippen molar-refractivity contribution < 1.29 is 47.5 Å². The van der Waals surface area contributed by atoms with Crippen LogP contribution < -0.4 is 22.8 Å². The van der Waals surface area contributed by atoms with Crippen molar-refractivity contribution in [2.75, 3.05) is 0 Å². The van der Waals surface area contributed by atoms with E-state index in [0.29, 0.717) is 58.3 Å². The number of rotatable bonds is 5. The van der Waals surface area contributed by atoms with Crippen LogP contribution in [0.3, 0.4) is 0 Å². The number of fused-ring (bicyclic) bond motifs is 7. The van der Waals surface area contributed by atoms with Gasteiger partial charge in [-0.1, -0.05) is 88.5 Å². The highest BCUT2D eigenvalue weighted by Gasteiger charge is 2.42. The number of hydrogen-bond donors (Lipinski definition) is 0. The normalized spacial score (nSPS) is 25.6. The zero-order valence-corrected chi connectivity index (χ0v) is 58.3. The second-order valence-corrected chi connectivity index (χ2v) is 29.0. The minimum Gasteiger partial charge on any atom is -0.201 e. The summed E-state index contributed by atoms with van der Waals surface area (Å²) in [5.74, 6) is 2.73. The molecule has 2 unspecified atom stereocenters. The van der Waals surface area contributed by atoms with Crippen LogP contribution in [0.15, 0.2) is 152 Å². The Morgan fingerprint density at radius 2 is 0.844 bits per heavy atom. The van der Waals surface area contributed by atoms with Crippen LogP contribution in [-0.2, 0) is 73.6 Å². The smallest absolute Gasteiger partial charge is 0.201 e. The molecule has 6 bridgehead atoms. The van der Waals surface area contributed by atoms with Gasteiger partial charge in [0.05, 0.1) is 0 Å². The molecule has 5 heterocycles. The maximum absolute atomic E-state index is 8.70. The summed E-state index contributed by atoms with van der Waals surface area (Å²) in [4.78, 5) is 0. The van der Waals surface area contributed by atoms with Gasteiger partial charge in [0, 0.05) is 111 Å². The summed E-state index contributed by atoms with van der Waals surface area (Å²) in [6, 6.07) is 39.1. The van der Waals surface area contributed by atoms with E-state index in [1.807, 2.05) is 73.7 Å². The van der Waals surface area contributed by atoms with E-state index in [1.165, 1.54) is 89.4 Å². The number of aryl methyl sites for hydroxylation is 18. The lowest BCUT2D eigenvalue weighted by Crippen LogP contribution is -2.37. The highest BCUT2D eigenvalue weighted by Crippen LogP contribution is 2.54. The molecule has 0 saturated heterocycles. The lowest BCUT2D eigenvalue weighted by Gasteiger charge is -2.41. The molecule has 0 N–H and O–H groups in total. The molecule has 5 aromatic carbocycles. The zero-order chi connectivity index (χ0) is 82.5. The number of benzene rings is 5. The van der Waals surface area contributed by atoms with E-state index in [9.17, 15) is 0 Å². The van der Waals surface area contributed by atoms with Crippen LogP contribution >= 0.6 is 0 Å². The van der Waals surface area contributed by atoms with Crippen LogP contribution in [0.25, 0.3) is 56.3 Å². The SMILES string of the molecule is Cc1ccc(-c2cc3c(c[n+]2C)C2CCC3C2)c(C)c1.Cc1ccc(-c2cc3c(c[n+]2C)CC2CC3C2)c(C)c1.[2H]C([2H])([2H])c1ccc(-c2c3c(cc[n+]2C)C([2H])([2H])CC3([2H])[2H])c(C)c1.[2H]C([2H])([2H])c1ccc(-c2cc3c(c[n+]2C)C([2H])([2H])C2CC3([2H])C2)c(C)c1.[2H]C([2H])([2H])c1ccc(-c2cc3c(c[n+]2C)CCC3([2H])[2H])c(C)c1. The molecule has 96 heavy (non-hydrogen) atoms.